The molecule has 0 bridgehead atoms. The van der Waals surface area contributed by atoms with Crippen LogP contribution in [0.4, 0.5) is 0 Å². The van der Waals surface area contributed by atoms with Crippen molar-refractivity contribution in [3.8, 4) is 68.6 Å². The van der Waals surface area contributed by atoms with E-state index < -0.39 is 11.9 Å². The van der Waals surface area contributed by atoms with Crippen LogP contribution in [0.2, 0.25) is 0 Å². The predicted molar refractivity (Wildman–Crippen MR) is 200 cm³/mol. The third kappa shape index (κ3) is 6.92. The van der Waals surface area contributed by atoms with Gasteiger partial charge in [-0.25, -0.2) is 9.59 Å². The van der Waals surface area contributed by atoms with Crippen molar-refractivity contribution in [1.82, 2.24) is 0 Å². The second kappa shape index (κ2) is 15.9. The van der Waals surface area contributed by atoms with Crippen LogP contribution in [0.3, 0.4) is 0 Å². The summed E-state index contributed by atoms with van der Waals surface area (Å²) in [6.45, 7) is -0.0689. The van der Waals surface area contributed by atoms with Gasteiger partial charge in [0.1, 0.15) is 13.2 Å². The van der Waals surface area contributed by atoms with Crippen LogP contribution in [-0.2, 0) is 22.7 Å². The van der Waals surface area contributed by atoms with Gasteiger partial charge in [-0.3, -0.25) is 0 Å². The highest BCUT2D eigenvalue weighted by molar-refractivity contribution is 14.1. The van der Waals surface area contributed by atoms with Crippen LogP contribution in [0.25, 0.3) is 11.1 Å². The molecule has 0 saturated heterocycles. The number of esters is 2. The van der Waals surface area contributed by atoms with E-state index in [0.29, 0.717) is 34.1 Å². The van der Waals surface area contributed by atoms with Gasteiger partial charge in [0, 0.05) is 29.4 Å². The van der Waals surface area contributed by atoms with Gasteiger partial charge in [-0.1, -0.05) is 0 Å². The van der Waals surface area contributed by atoms with Crippen molar-refractivity contribution < 1.29 is 66.4 Å². The molecular formula is C36H32I2O14. The zero-order valence-corrected chi connectivity index (χ0v) is 33.1. The van der Waals surface area contributed by atoms with Gasteiger partial charge in [-0.15, -0.1) is 0 Å². The summed E-state index contributed by atoms with van der Waals surface area (Å²) in [7, 11) is 8.43. The number of methoxy groups -OCH3 is 6. The predicted octanol–water partition coefficient (Wildman–Crippen LogP) is 6.79. The normalized spacial score (nSPS) is 12.2. The monoisotopic (exact) mass is 942 g/mol. The quantitative estimate of drug-likeness (QED) is 0.103. The van der Waals surface area contributed by atoms with Gasteiger partial charge < -0.3 is 56.8 Å². The summed E-state index contributed by atoms with van der Waals surface area (Å²) >= 11 is 4.26. The fourth-order valence-electron chi connectivity index (χ4n) is 5.71. The van der Waals surface area contributed by atoms with Crippen LogP contribution in [0.5, 0.6) is 57.5 Å². The van der Waals surface area contributed by atoms with E-state index in [2.05, 4.69) is 45.2 Å². The fourth-order valence-corrected chi connectivity index (χ4v) is 6.90. The molecule has 14 nitrogen and oxygen atoms in total. The average molecular weight is 942 g/mol. The number of carbonyl (C=O) groups is 2. The molecule has 0 aliphatic carbocycles. The molecule has 0 radical (unpaired) electrons. The summed E-state index contributed by atoms with van der Waals surface area (Å²) in [5.41, 5.74) is 1.42. The van der Waals surface area contributed by atoms with Gasteiger partial charge in [-0.2, -0.15) is 0 Å². The number of ether oxygens (including phenoxy) is 12. The first-order valence-electron chi connectivity index (χ1n) is 15.3. The smallest absolute Gasteiger partial charge is 0.339 e. The van der Waals surface area contributed by atoms with Crippen LogP contribution < -0.4 is 47.4 Å². The van der Waals surface area contributed by atoms with Gasteiger partial charge >= 0.3 is 11.9 Å². The van der Waals surface area contributed by atoms with E-state index in [4.69, 9.17) is 56.8 Å². The standard InChI is InChI=1S/C36H32I2O14/c1-41-27-9-19(35(39)47-13-17-7-23-25(11-21(17)37)51-15-49-23)29(33(45-5)31(27)43-3)30-20(10-28(42-2)32(44-4)34(30)46-6)36(40)48-14-18-8-24-26(12-22(18)38)52-16-50-24/h7-12H,13-16H2,1-6H3. The molecule has 0 spiro atoms. The average Bonchev–Trinajstić information content (AvgIpc) is 3.82. The molecule has 2 aliphatic heterocycles. The number of hydrogen-bond donors (Lipinski definition) is 0. The summed E-state index contributed by atoms with van der Waals surface area (Å²) < 4.78 is 69.8. The van der Waals surface area contributed by atoms with Gasteiger partial charge in [-0.05, 0) is 81.6 Å². The second-order valence-corrected chi connectivity index (χ2v) is 13.2. The van der Waals surface area contributed by atoms with Crippen LogP contribution >= 0.6 is 45.2 Å². The SMILES string of the molecule is COc1cc(C(=O)OCc2cc3c(cc2I)OCO3)c(-c2c(C(=O)OCc3cc4c(cc3I)OCO4)cc(OC)c(OC)c2OC)c(OC)c1OC. The Morgan fingerprint density at radius 2 is 0.865 bits per heavy atom. The Balaban J connectivity index is 1.49. The van der Waals surface area contributed by atoms with E-state index in [1.54, 1.807) is 24.3 Å². The lowest BCUT2D eigenvalue weighted by Crippen LogP contribution is -2.14. The summed E-state index contributed by atoms with van der Waals surface area (Å²) in [6, 6.07) is 9.97. The van der Waals surface area contributed by atoms with Crippen molar-refractivity contribution in [2.45, 2.75) is 13.2 Å². The van der Waals surface area contributed by atoms with Crippen molar-refractivity contribution in [1.29, 1.82) is 0 Å². The van der Waals surface area contributed by atoms with E-state index >= 15 is 0 Å². The summed E-state index contributed by atoms with van der Waals surface area (Å²) in [6.07, 6.45) is 0. The van der Waals surface area contributed by atoms with Gasteiger partial charge in [0.2, 0.25) is 25.1 Å². The highest BCUT2D eigenvalue weighted by Crippen LogP contribution is 2.54. The van der Waals surface area contributed by atoms with Crippen LogP contribution in [0.15, 0.2) is 36.4 Å². The Morgan fingerprint density at radius 3 is 1.19 bits per heavy atom. The second-order valence-electron chi connectivity index (χ2n) is 10.9. The van der Waals surface area contributed by atoms with Crippen molar-refractivity contribution >= 4 is 57.1 Å². The minimum absolute atomic E-state index is 0.0383. The summed E-state index contributed by atoms with van der Waals surface area (Å²) in [4.78, 5) is 28.4. The van der Waals surface area contributed by atoms with E-state index in [-0.39, 0.29) is 83.6 Å². The minimum atomic E-state index is -0.784. The number of carbonyl (C=O) groups excluding carboxylic acids is 2. The van der Waals surface area contributed by atoms with E-state index in [1.165, 1.54) is 54.8 Å². The molecule has 16 heteroatoms. The molecule has 6 rings (SSSR count). The molecule has 2 heterocycles. The van der Waals surface area contributed by atoms with Crippen molar-refractivity contribution in [2.24, 2.45) is 0 Å². The topological polar surface area (TPSA) is 145 Å². The Hall–Kier alpha value is -4.72. The molecule has 0 N–H and O–H groups in total. The highest BCUT2D eigenvalue weighted by atomic mass is 127. The maximum atomic E-state index is 14.2. The Bertz CT molecular complexity index is 1900. The molecule has 0 aromatic heterocycles. The number of halogens is 2. The number of benzene rings is 4. The van der Waals surface area contributed by atoms with Crippen LogP contribution in [0, 0.1) is 7.14 Å². The lowest BCUT2D eigenvalue weighted by atomic mass is 9.91. The molecule has 4 aromatic rings. The first kappa shape index (κ1) is 37.1. The molecule has 274 valence electrons. The van der Waals surface area contributed by atoms with E-state index in [1.807, 2.05) is 0 Å². The summed E-state index contributed by atoms with van der Waals surface area (Å²) in [5, 5.41) is 0. The van der Waals surface area contributed by atoms with E-state index in [0.717, 1.165) is 7.14 Å². The van der Waals surface area contributed by atoms with Gasteiger partial charge in [0.15, 0.2) is 46.0 Å². The Labute approximate surface area is 325 Å². The molecular weight excluding hydrogens is 910 g/mol. The molecule has 0 unspecified atom stereocenters. The zero-order valence-electron chi connectivity index (χ0n) is 28.8. The largest absolute Gasteiger partial charge is 0.493 e. The zero-order chi connectivity index (χ0) is 37.1. The highest BCUT2D eigenvalue weighted by Gasteiger charge is 2.35. The molecule has 2 aliphatic rings. The van der Waals surface area contributed by atoms with E-state index in [9.17, 15) is 9.59 Å². The van der Waals surface area contributed by atoms with Crippen molar-refractivity contribution in [3.05, 3.63) is 65.8 Å². The maximum Gasteiger partial charge on any atom is 0.339 e. The molecule has 52 heavy (non-hydrogen) atoms. The lowest BCUT2D eigenvalue weighted by Gasteiger charge is -2.24. The minimum Gasteiger partial charge on any atom is -0.493 e. The number of hydrogen-bond acceptors (Lipinski definition) is 14. The molecule has 0 saturated carbocycles. The first-order chi connectivity index (χ1) is 25.2. The number of rotatable bonds is 13. The Kier molecular flexibility index (Phi) is 11.3. The first-order valence-corrected chi connectivity index (χ1v) is 17.5. The third-order valence-electron chi connectivity index (χ3n) is 8.15. The lowest BCUT2D eigenvalue weighted by molar-refractivity contribution is 0.0460. The number of fused-ring (bicyclic) bond motifs is 2. The molecule has 4 aromatic carbocycles. The van der Waals surface area contributed by atoms with Crippen LogP contribution in [-0.4, -0.2) is 68.2 Å². The van der Waals surface area contributed by atoms with Gasteiger partial charge in [0.05, 0.1) is 53.8 Å². The molecule has 0 fully saturated rings. The van der Waals surface area contributed by atoms with Crippen molar-refractivity contribution in [2.75, 3.05) is 56.2 Å². The molecule has 0 amide bonds. The maximum absolute atomic E-state index is 14.2. The van der Waals surface area contributed by atoms with Crippen LogP contribution in [0.1, 0.15) is 31.8 Å². The summed E-state index contributed by atoms with van der Waals surface area (Å²) in [5.74, 6) is 1.36. The van der Waals surface area contributed by atoms with Crippen molar-refractivity contribution in [3.63, 3.8) is 0 Å². The molecule has 0 atom stereocenters. The Morgan fingerprint density at radius 1 is 0.519 bits per heavy atom. The third-order valence-corrected chi connectivity index (χ3v) is 10.2. The van der Waals surface area contributed by atoms with Gasteiger partial charge in [0.25, 0.3) is 0 Å². The fraction of sp³-hybridized carbons (Fsp3) is 0.278.